The Bertz CT molecular complexity index is 433. The molecule has 2 rings (SSSR count). The molecule has 2 heterocycles. The fourth-order valence-corrected chi connectivity index (χ4v) is 1.29. The second-order valence-corrected chi connectivity index (χ2v) is 3.10. The summed E-state index contributed by atoms with van der Waals surface area (Å²) in [4.78, 5) is 8.55. The zero-order valence-corrected chi connectivity index (χ0v) is 8.28. The molecule has 0 aliphatic rings. The van der Waals surface area contributed by atoms with Gasteiger partial charge in [-0.2, -0.15) is 5.10 Å². The van der Waals surface area contributed by atoms with Crippen LogP contribution in [-0.4, -0.2) is 20.2 Å². The summed E-state index contributed by atoms with van der Waals surface area (Å²) in [5.74, 6) is 1.63. The number of nitrogens with zero attached hydrogens (tertiary/aromatic N) is 3. The second-order valence-electron chi connectivity index (χ2n) is 3.10. The number of pyridine rings is 1. The van der Waals surface area contributed by atoms with E-state index in [2.05, 4.69) is 20.2 Å². The highest BCUT2D eigenvalue weighted by Gasteiger charge is 2.07. The molecule has 0 radical (unpaired) electrons. The lowest BCUT2D eigenvalue weighted by atomic mass is 10.2. The zero-order valence-electron chi connectivity index (χ0n) is 8.28. The summed E-state index contributed by atoms with van der Waals surface area (Å²) in [5, 5.41) is 7.03. The van der Waals surface area contributed by atoms with E-state index in [-0.39, 0.29) is 0 Å². The highest BCUT2D eigenvalue weighted by molar-refractivity contribution is 5.56. The van der Waals surface area contributed by atoms with E-state index >= 15 is 0 Å². The van der Waals surface area contributed by atoms with Gasteiger partial charge in [-0.3, -0.25) is 10.1 Å². The summed E-state index contributed by atoms with van der Waals surface area (Å²) in [6.45, 7) is 4.00. The lowest BCUT2D eigenvalue weighted by molar-refractivity contribution is 0.946. The molecular formula is C10H12N4. The van der Waals surface area contributed by atoms with E-state index in [0.717, 1.165) is 29.3 Å². The zero-order chi connectivity index (χ0) is 9.97. The van der Waals surface area contributed by atoms with Gasteiger partial charge in [-0.1, -0.05) is 6.92 Å². The largest absolute Gasteiger partial charge is 0.263 e. The molecule has 4 heteroatoms. The molecule has 0 saturated carbocycles. The van der Waals surface area contributed by atoms with E-state index in [4.69, 9.17) is 0 Å². The molecule has 0 bridgehead atoms. The molecule has 0 unspecified atom stereocenters. The minimum atomic E-state index is 0.729. The lowest BCUT2D eigenvalue weighted by Crippen LogP contribution is -1.88. The molecule has 0 atom stereocenters. The molecular weight excluding hydrogens is 176 g/mol. The van der Waals surface area contributed by atoms with Crippen LogP contribution in [0.3, 0.4) is 0 Å². The minimum absolute atomic E-state index is 0.729. The average Bonchev–Trinajstić information content (AvgIpc) is 2.67. The van der Waals surface area contributed by atoms with Gasteiger partial charge in [-0.15, -0.1) is 0 Å². The van der Waals surface area contributed by atoms with Crippen LogP contribution in [0.2, 0.25) is 0 Å². The molecule has 0 aliphatic carbocycles. The molecule has 4 nitrogen and oxygen atoms in total. The van der Waals surface area contributed by atoms with Crippen LogP contribution in [0.5, 0.6) is 0 Å². The van der Waals surface area contributed by atoms with Crippen LogP contribution >= 0.6 is 0 Å². The van der Waals surface area contributed by atoms with Crippen molar-refractivity contribution in [1.29, 1.82) is 0 Å². The van der Waals surface area contributed by atoms with Crippen molar-refractivity contribution in [2.75, 3.05) is 0 Å². The van der Waals surface area contributed by atoms with E-state index in [1.54, 1.807) is 6.20 Å². The van der Waals surface area contributed by atoms with Crippen molar-refractivity contribution >= 4 is 0 Å². The molecule has 1 N–H and O–H groups in total. The van der Waals surface area contributed by atoms with Gasteiger partial charge < -0.3 is 0 Å². The van der Waals surface area contributed by atoms with Gasteiger partial charge in [0.1, 0.15) is 5.82 Å². The third kappa shape index (κ3) is 1.51. The number of aromatic nitrogens is 4. The van der Waals surface area contributed by atoms with Gasteiger partial charge in [0.25, 0.3) is 0 Å². The summed E-state index contributed by atoms with van der Waals surface area (Å²) in [7, 11) is 0. The van der Waals surface area contributed by atoms with E-state index in [0.29, 0.717) is 0 Å². The second kappa shape index (κ2) is 3.57. The van der Waals surface area contributed by atoms with Crippen LogP contribution in [0.15, 0.2) is 18.3 Å². The normalized spacial score (nSPS) is 10.4. The Balaban J connectivity index is 2.44. The maximum absolute atomic E-state index is 4.35. The molecule has 72 valence electrons. The Hall–Kier alpha value is -1.71. The van der Waals surface area contributed by atoms with Crippen LogP contribution < -0.4 is 0 Å². The fourth-order valence-electron chi connectivity index (χ4n) is 1.29. The van der Waals surface area contributed by atoms with E-state index in [9.17, 15) is 0 Å². The maximum Gasteiger partial charge on any atom is 0.182 e. The summed E-state index contributed by atoms with van der Waals surface area (Å²) < 4.78 is 0. The summed E-state index contributed by atoms with van der Waals surface area (Å²) in [6, 6.07) is 3.87. The van der Waals surface area contributed by atoms with Crippen LogP contribution in [0.4, 0.5) is 0 Å². The topological polar surface area (TPSA) is 54.5 Å². The van der Waals surface area contributed by atoms with Gasteiger partial charge in [-0.05, 0) is 19.1 Å². The third-order valence-electron chi connectivity index (χ3n) is 2.11. The highest BCUT2D eigenvalue weighted by Crippen LogP contribution is 2.16. The third-order valence-corrected chi connectivity index (χ3v) is 2.11. The number of rotatable bonds is 2. The number of H-pyrrole nitrogens is 1. The molecule has 0 spiro atoms. The quantitative estimate of drug-likeness (QED) is 0.781. The first kappa shape index (κ1) is 8.87. The fraction of sp³-hybridized carbons (Fsp3) is 0.300. The van der Waals surface area contributed by atoms with Gasteiger partial charge in [-0.25, -0.2) is 4.98 Å². The van der Waals surface area contributed by atoms with Gasteiger partial charge in [0.05, 0.1) is 0 Å². The first-order valence-corrected chi connectivity index (χ1v) is 4.64. The van der Waals surface area contributed by atoms with Crippen LogP contribution in [0, 0.1) is 6.92 Å². The van der Waals surface area contributed by atoms with Crippen molar-refractivity contribution in [1.82, 2.24) is 20.2 Å². The predicted octanol–water partition coefficient (Wildman–Crippen LogP) is 1.74. The molecule has 0 aromatic carbocycles. The van der Waals surface area contributed by atoms with Crippen molar-refractivity contribution in [3.05, 3.63) is 29.8 Å². The van der Waals surface area contributed by atoms with E-state index < -0.39 is 0 Å². The van der Waals surface area contributed by atoms with E-state index in [1.807, 2.05) is 26.0 Å². The molecule has 0 saturated heterocycles. The molecule has 0 fully saturated rings. The summed E-state index contributed by atoms with van der Waals surface area (Å²) >= 11 is 0. The van der Waals surface area contributed by atoms with Crippen LogP contribution in [-0.2, 0) is 6.42 Å². The van der Waals surface area contributed by atoms with E-state index in [1.165, 1.54) is 0 Å². The van der Waals surface area contributed by atoms with Crippen LogP contribution in [0.25, 0.3) is 11.4 Å². The Labute approximate surface area is 82.4 Å². The number of hydrogen-bond donors (Lipinski definition) is 1. The number of hydrogen-bond acceptors (Lipinski definition) is 3. The standard InChI is InChI=1S/C10H12N4/c1-3-9-12-10(14-13-9)8-5-4-6-11-7(8)2/h4-6H,3H2,1-2H3,(H,12,13,14). The number of aromatic amines is 1. The molecule has 2 aromatic heterocycles. The van der Waals surface area contributed by atoms with Crippen molar-refractivity contribution in [2.24, 2.45) is 0 Å². The van der Waals surface area contributed by atoms with Crippen molar-refractivity contribution in [2.45, 2.75) is 20.3 Å². The van der Waals surface area contributed by atoms with Crippen molar-refractivity contribution < 1.29 is 0 Å². The first-order chi connectivity index (χ1) is 6.81. The van der Waals surface area contributed by atoms with Gasteiger partial charge in [0.2, 0.25) is 0 Å². The monoisotopic (exact) mass is 188 g/mol. The Morgan fingerprint density at radius 1 is 1.43 bits per heavy atom. The Morgan fingerprint density at radius 2 is 2.29 bits per heavy atom. The highest BCUT2D eigenvalue weighted by atomic mass is 15.2. The Kier molecular flexibility index (Phi) is 2.26. The predicted molar refractivity (Wildman–Crippen MR) is 53.7 cm³/mol. The van der Waals surface area contributed by atoms with Gasteiger partial charge in [0, 0.05) is 23.9 Å². The van der Waals surface area contributed by atoms with Crippen molar-refractivity contribution in [3.63, 3.8) is 0 Å². The number of aryl methyl sites for hydroxylation is 2. The minimum Gasteiger partial charge on any atom is -0.263 e. The molecule has 0 aliphatic heterocycles. The average molecular weight is 188 g/mol. The lowest BCUT2D eigenvalue weighted by Gasteiger charge is -1.97. The van der Waals surface area contributed by atoms with Gasteiger partial charge >= 0.3 is 0 Å². The van der Waals surface area contributed by atoms with Crippen LogP contribution in [0.1, 0.15) is 18.4 Å². The van der Waals surface area contributed by atoms with Crippen molar-refractivity contribution in [3.8, 4) is 11.4 Å². The molecule has 14 heavy (non-hydrogen) atoms. The number of nitrogens with one attached hydrogen (secondary N) is 1. The summed E-state index contributed by atoms with van der Waals surface area (Å²) in [6.07, 6.45) is 2.64. The summed E-state index contributed by atoms with van der Waals surface area (Å²) in [5.41, 5.74) is 1.94. The SMILES string of the molecule is CCc1nc(-c2cccnc2C)n[nH]1. The maximum atomic E-state index is 4.35. The van der Waals surface area contributed by atoms with Gasteiger partial charge in [0.15, 0.2) is 5.82 Å². The Morgan fingerprint density at radius 3 is 2.93 bits per heavy atom. The molecule has 0 amide bonds. The smallest absolute Gasteiger partial charge is 0.182 e. The first-order valence-electron chi connectivity index (χ1n) is 4.64. The molecule has 2 aromatic rings.